The summed E-state index contributed by atoms with van der Waals surface area (Å²) in [6, 6.07) is 3.80. The van der Waals surface area contributed by atoms with Gasteiger partial charge in [0.15, 0.2) is 0 Å². The van der Waals surface area contributed by atoms with Crippen molar-refractivity contribution in [2.45, 2.75) is 45.3 Å². The van der Waals surface area contributed by atoms with Crippen LogP contribution in [-0.2, 0) is 6.54 Å². The first-order chi connectivity index (χ1) is 9.50. The number of aliphatic hydroxyl groups is 1. The predicted octanol–water partition coefficient (Wildman–Crippen LogP) is 2.90. The highest BCUT2D eigenvalue weighted by atomic mass is 35.5. The fourth-order valence-corrected chi connectivity index (χ4v) is 2.78. The average molecular weight is 298 g/mol. The van der Waals surface area contributed by atoms with E-state index in [4.69, 9.17) is 11.6 Å². The van der Waals surface area contributed by atoms with Crippen molar-refractivity contribution in [1.82, 2.24) is 9.88 Å². The summed E-state index contributed by atoms with van der Waals surface area (Å²) in [5.74, 6) is 0.870. The Morgan fingerprint density at radius 1 is 1.50 bits per heavy atom. The van der Waals surface area contributed by atoms with Crippen molar-refractivity contribution in [2.75, 3.05) is 25.0 Å². The van der Waals surface area contributed by atoms with Crippen molar-refractivity contribution >= 4 is 17.4 Å². The van der Waals surface area contributed by atoms with Gasteiger partial charge in [-0.3, -0.25) is 4.90 Å². The number of halogens is 1. The van der Waals surface area contributed by atoms with E-state index in [1.54, 1.807) is 0 Å². The van der Waals surface area contributed by atoms with Gasteiger partial charge in [0.05, 0.1) is 16.3 Å². The quantitative estimate of drug-likeness (QED) is 0.877. The molecule has 1 atom stereocenters. The first-order valence-electron chi connectivity index (χ1n) is 7.34. The predicted molar refractivity (Wildman–Crippen MR) is 83.2 cm³/mol. The van der Waals surface area contributed by atoms with E-state index in [0.29, 0.717) is 18.1 Å². The highest BCUT2D eigenvalue weighted by Crippen LogP contribution is 2.24. The number of hydrogen-bond acceptors (Lipinski definition) is 4. The molecule has 112 valence electrons. The molecule has 2 rings (SSSR count). The molecule has 1 saturated heterocycles. The maximum atomic E-state index is 10.2. The largest absolute Gasteiger partial charge is 0.389 e. The molecule has 2 N–H and O–H groups in total. The van der Waals surface area contributed by atoms with E-state index in [1.807, 2.05) is 19.1 Å². The van der Waals surface area contributed by atoms with Crippen molar-refractivity contribution in [3.8, 4) is 0 Å². The molecule has 0 bridgehead atoms. The Bertz CT molecular complexity index is 451. The molecule has 0 aromatic carbocycles. The van der Waals surface area contributed by atoms with Crippen LogP contribution in [0.3, 0.4) is 0 Å². The maximum Gasteiger partial charge on any atom is 0.126 e. The molecular weight excluding hydrogens is 274 g/mol. The van der Waals surface area contributed by atoms with Crippen LogP contribution in [0, 0.1) is 0 Å². The Balaban J connectivity index is 2.04. The lowest BCUT2D eigenvalue weighted by atomic mass is 9.95. The van der Waals surface area contributed by atoms with Crippen LogP contribution in [-0.4, -0.2) is 40.2 Å². The van der Waals surface area contributed by atoms with Crippen molar-refractivity contribution in [3.63, 3.8) is 0 Å². The summed E-state index contributed by atoms with van der Waals surface area (Å²) >= 11 is 6.24. The second-order valence-corrected chi connectivity index (χ2v) is 6.27. The smallest absolute Gasteiger partial charge is 0.126 e. The van der Waals surface area contributed by atoms with Gasteiger partial charge in [0.25, 0.3) is 0 Å². The topological polar surface area (TPSA) is 48.4 Å². The number of aromatic nitrogens is 1. The zero-order chi connectivity index (χ0) is 14.6. The van der Waals surface area contributed by atoms with Gasteiger partial charge < -0.3 is 10.4 Å². The van der Waals surface area contributed by atoms with Crippen molar-refractivity contribution in [1.29, 1.82) is 0 Å². The van der Waals surface area contributed by atoms with Crippen LogP contribution in [0.25, 0.3) is 0 Å². The first kappa shape index (κ1) is 15.5. The third-order valence-corrected chi connectivity index (χ3v) is 3.95. The molecule has 0 aliphatic carbocycles. The number of likely N-dealkylation sites (tertiary alicyclic amines) is 1. The van der Waals surface area contributed by atoms with Crippen molar-refractivity contribution in [3.05, 3.63) is 22.8 Å². The Kier molecular flexibility index (Phi) is 5.24. The first-order valence-corrected chi connectivity index (χ1v) is 7.72. The molecule has 4 nitrogen and oxygen atoms in total. The molecule has 20 heavy (non-hydrogen) atoms. The van der Waals surface area contributed by atoms with Crippen LogP contribution in [0.2, 0.25) is 5.02 Å². The number of rotatable bonds is 5. The second kappa shape index (κ2) is 6.74. The van der Waals surface area contributed by atoms with Crippen LogP contribution in [0.1, 0.15) is 38.8 Å². The highest BCUT2D eigenvalue weighted by molar-refractivity contribution is 6.31. The third kappa shape index (κ3) is 4.33. The number of pyridine rings is 1. The third-order valence-electron chi connectivity index (χ3n) is 3.60. The van der Waals surface area contributed by atoms with Crippen LogP contribution in [0.5, 0.6) is 0 Å². The second-order valence-electron chi connectivity index (χ2n) is 5.86. The van der Waals surface area contributed by atoms with E-state index in [2.05, 4.69) is 22.1 Å². The molecule has 1 aliphatic heterocycles. The van der Waals surface area contributed by atoms with E-state index in [0.717, 1.165) is 43.9 Å². The van der Waals surface area contributed by atoms with Gasteiger partial charge in [0.1, 0.15) is 5.82 Å². The number of piperidine rings is 1. The summed E-state index contributed by atoms with van der Waals surface area (Å²) in [6.45, 7) is 7.29. The molecule has 1 aromatic heterocycles. The van der Waals surface area contributed by atoms with Crippen LogP contribution in [0.4, 0.5) is 5.82 Å². The fourth-order valence-electron chi connectivity index (χ4n) is 2.62. The Morgan fingerprint density at radius 3 is 3.00 bits per heavy atom. The van der Waals surface area contributed by atoms with Gasteiger partial charge in [-0.05, 0) is 44.9 Å². The number of anilines is 1. The SMILES string of the molecule is CCCNc1ccc(Cl)c(CN2CCCC(C)(O)C2)n1. The molecule has 0 spiro atoms. The molecular formula is C15H24ClN3O. The van der Waals surface area contributed by atoms with Crippen molar-refractivity contribution in [2.24, 2.45) is 0 Å². The van der Waals surface area contributed by atoms with E-state index in [9.17, 15) is 5.11 Å². The summed E-state index contributed by atoms with van der Waals surface area (Å²) in [6.07, 6.45) is 2.94. The van der Waals surface area contributed by atoms with E-state index < -0.39 is 5.60 Å². The number of nitrogens with one attached hydrogen (secondary N) is 1. The van der Waals surface area contributed by atoms with E-state index in [-0.39, 0.29) is 0 Å². The molecule has 2 heterocycles. The lowest BCUT2D eigenvalue weighted by Gasteiger charge is -2.36. The summed E-state index contributed by atoms with van der Waals surface area (Å²) in [7, 11) is 0. The van der Waals surface area contributed by atoms with Gasteiger partial charge in [-0.15, -0.1) is 0 Å². The van der Waals surface area contributed by atoms with Gasteiger partial charge in [-0.2, -0.15) is 0 Å². The summed E-state index contributed by atoms with van der Waals surface area (Å²) in [5, 5.41) is 14.1. The molecule has 1 unspecified atom stereocenters. The van der Waals surface area contributed by atoms with Gasteiger partial charge in [0.2, 0.25) is 0 Å². The van der Waals surface area contributed by atoms with Gasteiger partial charge in [0, 0.05) is 19.6 Å². The van der Waals surface area contributed by atoms with E-state index >= 15 is 0 Å². The molecule has 0 amide bonds. The monoisotopic (exact) mass is 297 g/mol. The average Bonchev–Trinajstić information content (AvgIpc) is 2.38. The number of β-amino-alcohol motifs (C(OH)–C–C–N with tert-alkyl or cyclic N) is 1. The normalized spacial score (nSPS) is 23.8. The molecule has 1 aliphatic rings. The minimum absolute atomic E-state index is 0.594. The maximum absolute atomic E-state index is 10.2. The minimum Gasteiger partial charge on any atom is -0.389 e. The Morgan fingerprint density at radius 2 is 2.30 bits per heavy atom. The van der Waals surface area contributed by atoms with Crippen LogP contribution < -0.4 is 5.32 Å². The number of nitrogens with zero attached hydrogens (tertiary/aromatic N) is 2. The molecule has 0 saturated carbocycles. The number of hydrogen-bond donors (Lipinski definition) is 2. The zero-order valence-corrected chi connectivity index (χ0v) is 13.1. The lowest BCUT2D eigenvalue weighted by Crippen LogP contribution is -2.45. The van der Waals surface area contributed by atoms with E-state index in [1.165, 1.54) is 0 Å². The van der Waals surface area contributed by atoms with Gasteiger partial charge >= 0.3 is 0 Å². The highest BCUT2D eigenvalue weighted by Gasteiger charge is 2.28. The minimum atomic E-state index is -0.594. The molecule has 1 fully saturated rings. The summed E-state index contributed by atoms with van der Waals surface area (Å²) in [5.41, 5.74) is 0.286. The Labute approximate surface area is 126 Å². The Hall–Kier alpha value is -0.840. The standard InChI is InChI=1S/C15H24ClN3O/c1-3-8-17-14-6-5-12(16)13(18-14)10-19-9-4-7-15(2,20)11-19/h5-6,20H,3-4,7-11H2,1-2H3,(H,17,18). The summed E-state index contributed by atoms with van der Waals surface area (Å²) in [4.78, 5) is 6.81. The van der Waals surface area contributed by atoms with Crippen LogP contribution >= 0.6 is 11.6 Å². The van der Waals surface area contributed by atoms with Crippen LogP contribution in [0.15, 0.2) is 12.1 Å². The van der Waals surface area contributed by atoms with Gasteiger partial charge in [-0.1, -0.05) is 18.5 Å². The molecule has 1 aromatic rings. The molecule has 5 heteroatoms. The van der Waals surface area contributed by atoms with Crippen molar-refractivity contribution < 1.29 is 5.11 Å². The molecule has 0 radical (unpaired) electrons. The zero-order valence-electron chi connectivity index (χ0n) is 12.3. The summed E-state index contributed by atoms with van der Waals surface area (Å²) < 4.78 is 0. The van der Waals surface area contributed by atoms with Gasteiger partial charge in [-0.25, -0.2) is 4.98 Å². The lowest BCUT2D eigenvalue weighted by molar-refractivity contribution is -0.0184. The fraction of sp³-hybridized carbons (Fsp3) is 0.667.